The molecule has 1 aliphatic rings. The van der Waals surface area contributed by atoms with Crippen molar-refractivity contribution in [1.29, 1.82) is 0 Å². The third-order valence-electron chi connectivity index (χ3n) is 6.26. The number of esters is 1. The van der Waals surface area contributed by atoms with E-state index < -0.39 is 49.1 Å². The zero-order chi connectivity index (χ0) is 27.2. The van der Waals surface area contributed by atoms with Crippen LogP contribution in [-0.2, 0) is 20.9 Å². The van der Waals surface area contributed by atoms with E-state index in [1.807, 2.05) is 61.5 Å². The molecule has 3 aromatic carbocycles. The largest absolute Gasteiger partial charge is 0.462 e. The number of carbonyl (C=O) groups excluding carboxylic acids is 2. The summed E-state index contributed by atoms with van der Waals surface area (Å²) in [5, 5.41) is 33.2. The molecule has 1 saturated heterocycles. The second-order valence-electron chi connectivity index (χ2n) is 9.16. The van der Waals surface area contributed by atoms with E-state index in [1.54, 1.807) is 18.2 Å². The van der Waals surface area contributed by atoms with Crippen LogP contribution >= 0.6 is 0 Å². The lowest BCUT2D eigenvalue weighted by Crippen LogP contribution is -2.65. The molecule has 0 saturated carbocycles. The van der Waals surface area contributed by atoms with E-state index in [1.165, 1.54) is 6.92 Å². The van der Waals surface area contributed by atoms with Gasteiger partial charge in [0, 0.05) is 12.5 Å². The van der Waals surface area contributed by atoms with Crippen LogP contribution in [0.4, 0.5) is 0 Å². The van der Waals surface area contributed by atoms with Gasteiger partial charge in [-0.1, -0.05) is 66.2 Å². The van der Waals surface area contributed by atoms with Gasteiger partial charge in [-0.05, 0) is 30.2 Å². The Hall–Kier alpha value is -3.76. The highest BCUT2D eigenvalue weighted by molar-refractivity contribution is 5.99. The molecule has 0 spiro atoms. The average molecular weight is 522 g/mol. The van der Waals surface area contributed by atoms with Crippen LogP contribution in [0.3, 0.4) is 0 Å². The van der Waals surface area contributed by atoms with Gasteiger partial charge in [0.1, 0.15) is 36.7 Å². The Morgan fingerprint density at radius 1 is 0.974 bits per heavy atom. The molecule has 4 N–H and O–H groups in total. The maximum Gasteiger partial charge on any atom is 0.339 e. The van der Waals surface area contributed by atoms with Gasteiger partial charge in [0.15, 0.2) is 0 Å². The lowest BCUT2D eigenvalue weighted by atomic mass is 9.95. The summed E-state index contributed by atoms with van der Waals surface area (Å²) >= 11 is 0. The molecule has 9 heteroatoms. The minimum atomic E-state index is -1.48. The van der Waals surface area contributed by atoms with Crippen LogP contribution in [0.15, 0.2) is 72.8 Å². The number of benzene rings is 3. The Labute approximate surface area is 220 Å². The second kappa shape index (κ2) is 12.2. The van der Waals surface area contributed by atoms with Gasteiger partial charge in [-0.25, -0.2) is 4.79 Å². The molecule has 0 bridgehead atoms. The zero-order valence-corrected chi connectivity index (χ0v) is 21.1. The molecule has 4 rings (SSSR count). The molecule has 1 fully saturated rings. The maximum atomic E-state index is 13.3. The summed E-state index contributed by atoms with van der Waals surface area (Å²) in [5.41, 5.74) is 3.14. The highest BCUT2D eigenvalue weighted by atomic mass is 16.7. The Kier molecular flexibility index (Phi) is 8.75. The minimum absolute atomic E-state index is 0.0800. The predicted octanol–water partition coefficient (Wildman–Crippen LogP) is 2.34. The van der Waals surface area contributed by atoms with E-state index in [0.29, 0.717) is 11.1 Å². The molecule has 200 valence electrons. The molecular weight excluding hydrogens is 490 g/mol. The van der Waals surface area contributed by atoms with Crippen molar-refractivity contribution in [3.63, 3.8) is 0 Å². The van der Waals surface area contributed by atoms with Gasteiger partial charge in [0.25, 0.3) is 0 Å². The number of aliphatic hydroxyl groups excluding tert-OH is 3. The SMILES string of the molecule is CC(=O)NC1[C@H](Oc2cccc(C(=O)OCc3ccccc3)c2-c2cccc(C)c2)OC(CO)[C@H](O)[C@@H]1O. The average Bonchev–Trinajstić information content (AvgIpc) is 2.91. The number of nitrogens with one attached hydrogen (secondary N) is 1. The van der Waals surface area contributed by atoms with Gasteiger partial charge < -0.3 is 34.8 Å². The van der Waals surface area contributed by atoms with E-state index >= 15 is 0 Å². The lowest BCUT2D eigenvalue weighted by molar-refractivity contribution is -0.244. The highest BCUT2D eigenvalue weighted by Gasteiger charge is 2.46. The number of amides is 1. The molecular formula is C29H31NO8. The van der Waals surface area contributed by atoms with E-state index in [0.717, 1.165) is 11.1 Å². The van der Waals surface area contributed by atoms with E-state index in [4.69, 9.17) is 14.2 Å². The third-order valence-corrected chi connectivity index (χ3v) is 6.26. The van der Waals surface area contributed by atoms with Crippen LogP contribution in [0, 0.1) is 6.92 Å². The first-order valence-corrected chi connectivity index (χ1v) is 12.3. The standard InChI is InChI=1S/C29H31NO8/c1-17-8-6-11-20(14-17)24-21(28(35)36-16-19-9-4-3-5-10-19)12-7-13-22(24)37-29-25(30-18(2)32)27(34)26(33)23(15-31)38-29/h3-14,23,25-27,29,31,33-34H,15-16H2,1-2H3,(H,30,32)/t23?,25?,26-,27+,29+/m0/s1. The van der Waals surface area contributed by atoms with Crippen LogP contribution < -0.4 is 10.1 Å². The van der Waals surface area contributed by atoms with Crippen molar-refractivity contribution >= 4 is 11.9 Å². The summed E-state index contributed by atoms with van der Waals surface area (Å²) in [7, 11) is 0. The first kappa shape index (κ1) is 27.3. The van der Waals surface area contributed by atoms with Crippen molar-refractivity contribution in [2.75, 3.05) is 6.61 Å². The first-order valence-electron chi connectivity index (χ1n) is 12.3. The van der Waals surface area contributed by atoms with Gasteiger partial charge in [-0.15, -0.1) is 0 Å². The number of rotatable bonds is 8. The van der Waals surface area contributed by atoms with E-state index in [2.05, 4.69) is 5.32 Å². The number of aryl methyl sites for hydroxylation is 1. The molecule has 9 nitrogen and oxygen atoms in total. The fourth-order valence-corrected chi connectivity index (χ4v) is 4.39. The smallest absolute Gasteiger partial charge is 0.339 e. The molecule has 3 aromatic rings. The molecule has 1 amide bonds. The third kappa shape index (κ3) is 6.20. The fraction of sp³-hybridized carbons (Fsp3) is 0.310. The Balaban J connectivity index is 1.72. The zero-order valence-electron chi connectivity index (χ0n) is 21.1. The second-order valence-corrected chi connectivity index (χ2v) is 9.16. The first-order chi connectivity index (χ1) is 18.3. The quantitative estimate of drug-likeness (QED) is 0.332. The van der Waals surface area contributed by atoms with E-state index in [9.17, 15) is 24.9 Å². The van der Waals surface area contributed by atoms with Crippen LogP contribution in [-0.4, -0.2) is 64.4 Å². The van der Waals surface area contributed by atoms with Gasteiger partial charge in [0.05, 0.1) is 12.2 Å². The Morgan fingerprint density at radius 3 is 2.39 bits per heavy atom. The summed E-state index contributed by atoms with van der Waals surface area (Å²) in [6.07, 6.45) is -5.36. The summed E-state index contributed by atoms with van der Waals surface area (Å²) in [4.78, 5) is 25.1. The lowest BCUT2D eigenvalue weighted by Gasteiger charge is -2.42. The predicted molar refractivity (Wildman–Crippen MR) is 138 cm³/mol. The highest BCUT2D eigenvalue weighted by Crippen LogP contribution is 2.36. The van der Waals surface area contributed by atoms with Crippen molar-refractivity contribution in [3.05, 3.63) is 89.5 Å². The molecule has 0 radical (unpaired) electrons. The maximum absolute atomic E-state index is 13.3. The van der Waals surface area contributed by atoms with Gasteiger partial charge in [0.2, 0.25) is 12.2 Å². The Bertz CT molecular complexity index is 1260. The Morgan fingerprint density at radius 2 is 1.71 bits per heavy atom. The topological polar surface area (TPSA) is 135 Å². The molecule has 2 unspecified atom stereocenters. The van der Waals surface area contributed by atoms with Crippen molar-refractivity contribution in [1.82, 2.24) is 5.32 Å². The number of carbonyl (C=O) groups is 2. The molecule has 0 aromatic heterocycles. The number of aliphatic hydroxyl groups is 3. The van der Waals surface area contributed by atoms with Crippen molar-refractivity contribution < 1.29 is 39.1 Å². The van der Waals surface area contributed by atoms with Crippen molar-refractivity contribution in [3.8, 4) is 16.9 Å². The monoisotopic (exact) mass is 521 g/mol. The summed E-state index contributed by atoms with van der Waals surface area (Å²) in [5.74, 6) is -0.814. The van der Waals surface area contributed by atoms with Gasteiger partial charge >= 0.3 is 5.97 Å². The van der Waals surface area contributed by atoms with Crippen molar-refractivity contribution in [2.45, 2.75) is 51.1 Å². The van der Waals surface area contributed by atoms with Crippen LogP contribution in [0.2, 0.25) is 0 Å². The van der Waals surface area contributed by atoms with Gasteiger partial charge in [-0.2, -0.15) is 0 Å². The van der Waals surface area contributed by atoms with Crippen LogP contribution in [0.5, 0.6) is 5.75 Å². The molecule has 1 aliphatic heterocycles. The number of hydrogen-bond donors (Lipinski definition) is 4. The summed E-state index contributed by atoms with van der Waals surface area (Å²) in [6, 6.07) is 20.5. The fourth-order valence-electron chi connectivity index (χ4n) is 4.39. The van der Waals surface area contributed by atoms with E-state index in [-0.39, 0.29) is 17.9 Å². The van der Waals surface area contributed by atoms with Crippen LogP contribution in [0.1, 0.15) is 28.4 Å². The molecule has 1 heterocycles. The summed E-state index contributed by atoms with van der Waals surface area (Å²) in [6.45, 7) is 2.68. The minimum Gasteiger partial charge on any atom is -0.462 e. The van der Waals surface area contributed by atoms with Crippen LogP contribution in [0.25, 0.3) is 11.1 Å². The number of hydrogen-bond acceptors (Lipinski definition) is 8. The molecule has 5 atom stereocenters. The summed E-state index contributed by atoms with van der Waals surface area (Å²) < 4.78 is 17.5. The van der Waals surface area contributed by atoms with Gasteiger partial charge in [-0.3, -0.25) is 4.79 Å². The number of ether oxygens (including phenoxy) is 3. The van der Waals surface area contributed by atoms with Crippen molar-refractivity contribution in [2.24, 2.45) is 0 Å². The molecule has 0 aliphatic carbocycles. The molecule has 38 heavy (non-hydrogen) atoms. The normalized spacial score (nSPS) is 22.9.